The minimum Gasteiger partial charge on any atom is -0.454 e. The molecule has 0 N–H and O–H groups in total. The van der Waals surface area contributed by atoms with Crippen LogP contribution in [-0.2, 0) is 5.41 Å². The van der Waals surface area contributed by atoms with Crippen LogP contribution in [0, 0.1) is 0 Å². The van der Waals surface area contributed by atoms with Crippen LogP contribution in [0.25, 0.3) is 55.0 Å². The number of anilines is 3. The lowest BCUT2D eigenvalue weighted by Gasteiger charge is -2.30. The highest BCUT2D eigenvalue weighted by atomic mass is 16.3. The molecule has 0 saturated heterocycles. The first-order valence-electron chi connectivity index (χ1n) is 15.6. The molecule has 214 valence electrons. The molecule has 1 heterocycles. The van der Waals surface area contributed by atoms with E-state index in [1.165, 1.54) is 44.2 Å². The fourth-order valence-electron chi connectivity index (χ4n) is 7.56. The van der Waals surface area contributed by atoms with Crippen LogP contribution in [0.4, 0.5) is 17.1 Å². The highest BCUT2D eigenvalue weighted by Gasteiger charge is 2.39. The zero-order valence-electron chi connectivity index (χ0n) is 25.3. The third-order valence-corrected chi connectivity index (χ3v) is 9.62. The second kappa shape index (κ2) is 9.70. The van der Waals surface area contributed by atoms with Gasteiger partial charge in [0.25, 0.3) is 0 Å². The summed E-state index contributed by atoms with van der Waals surface area (Å²) in [6.45, 7) is 4.74. The minimum atomic E-state index is -0.157. The van der Waals surface area contributed by atoms with Gasteiger partial charge in [-0.2, -0.15) is 0 Å². The molecular weight excluding hydrogens is 546 g/mol. The smallest absolute Gasteiger partial charge is 0.159 e. The van der Waals surface area contributed by atoms with Crippen LogP contribution in [-0.4, -0.2) is 0 Å². The maximum absolute atomic E-state index is 6.68. The average Bonchev–Trinajstić information content (AvgIpc) is 3.59. The molecule has 2 nitrogen and oxygen atoms in total. The van der Waals surface area contributed by atoms with Gasteiger partial charge in [0.15, 0.2) is 5.58 Å². The molecule has 1 aliphatic rings. The first kappa shape index (κ1) is 25.9. The number of hydrogen-bond donors (Lipinski definition) is 0. The number of rotatable bonds is 4. The van der Waals surface area contributed by atoms with Crippen LogP contribution < -0.4 is 4.90 Å². The Hall–Kier alpha value is -5.60. The Kier molecular flexibility index (Phi) is 5.58. The standard InChI is InChI=1S/C43H31NO/c1-43(2)36-20-10-8-18-35(36)40-38(27-30-15-6-7-16-32(30)41(40)43)44(31-25-23-29(24-26-31)28-13-4-3-5-14-28)37-21-12-19-34-33-17-9-11-22-39(33)45-42(34)37/h3-27H,1-2H3. The van der Waals surface area contributed by atoms with Gasteiger partial charge in [0.2, 0.25) is 0 Å². The third kappa shape index (κ3) is 3.82. The molecule has 7 aromatic carbocycles. The number of nitrogens with zero attached hydrogens (tertiary/aromatic N) is 1. The summed E-state index contributed by atoms with van der Waals surface area (Å²) in [5.74, 6) is 0. The summed E-state index contributed by atoms with van der Waals surface area (Å²) in [6, 6.07) is 54.5. The molecule has 0 unspecified atom stereocenters. The quantitative estimate of drug-likeness (QED) is 0.207. The van der Waals surface area contributed by atoms with E-state index in [9.17, 15) is 0 Å². The average molecular weight is 578 g/mol. The lowest BCUT2D eigenvalue weighted by atomic mass is 9.80. The zero-order chi connectivity index (χ0) is 30.1. The van der Waals surface area contributed by atoms with Crippen molar-refractivity contribution in [3.8, 4) is 22.3 Å². The molecule has 0 radical (unpaired) electrons. The van der Waals surface area contributed by atoms with E-state index in [0.717, 1.165) is 39.0 Å². The molecule has 8 aromatic rings. The summed E-state index contributed by atoms with van der Waals surface area (Å²) in [5.41, 5.74) is 12.6. The van der Waals surface area contributed by atoms with Gasteiger partial charge in [-0.25, -0.2) is 0 Å². The topological polar surface area (TPSA) is 16.4 Å². The Labute approximate surface area is 262 Å². The second-order valence-electron chi connectivity index (χ2n) is 12.5. The molecule has 9 rings (SSSR count). The molecule has 0 fully saturated rings. The van der Waals surface area contributed by atoms with E-state index in [1.807, 2.05) is 6.07 Å². The number of furan rings is 1. The van der Waals surface area contributed by atoms with Crippen molar-refractivity contribution in [2.75, 3.05) is 4.90 Å². The largest absolute Gasteiger partial charge is 0.454 e. The molecular formula is C43H31NO. The summed E-state index contributed by atoms with van der Waals surface area (Å²) >= 11 is 0. The first-order valence-corrected chi connectivity index (χ1v) is 15.6. The Morgan fingerprint density at radius 2 is 1.20 bits per heavy atom. The van der Waals surface area contributed by atoms with Crippen LogP contribution in [0.3, 0.4) is 0 Å². The van der Waals surface area contributed by atoms with E-state index in [0.29, 0.717) is 0 Å². The van der Waals surface area contributed by atoms with Crippen molar-refractivity contribution in [3.05, 3.63) is 163 Å². The van der Waals surface area contributed by atoms with Gasteiger partial charge in [0.05, 0.1) is 11.4 Å². The fourth-order valence-corrected chi connectivity index (χ4v) is 7.56. The number of para-hydroxylation sites is 2. The zero-order valence-corrected chi connectivity index (χ0v) is 25.3. The molecule has 2 heteroatoms. The number of fused-ring (bicyclic) bond motifs is 8. The van der Waals surface area contributed by atoms with Gasteiger partial charge < -0.3 is 9.32 Å². The molecule has 45 heavy (non-hydrogen) atoms. The first-order chi connectivity index (χ1) is 22.1. The lowest BCUT2D eigenvalue weighted by Crippen LogP contribution is -2.17. The van der Waals surface area contributed by atoms with Gasteiger partial charge in [-0.05, 0) is 68.9 Å². The van der Waals surface area contributed by atoms with Crippen molar-refractivity contribution in [2.24, 2.45) is 0 Å². The molecule has 0 aliphatic heterocycles. The second-order valence-corrected chi connectivity index (χ2v) is 12.5. The number of hydrogen-bond acceptors (Lipinski definition) is 2. The predicted molar refractivity (Wildman–Crippen MR) is 189 cm³/mol. The molecule has 0 amide bonds. The van der Waals surface area contributed by atoms with Crippen LogP contribution in [0.1, 0.15) is 25.0 Å². The SMILES string of the molecule is CC1(C)c2ccccc2-c2c(N(c3ccc(-c4ccccc4)cc3)c3cccc4c3oc3ccccc34)cc3ccccc3c21. The molecule has 1 aromatic heterocycles. The van der Waals surface area contributed by atoms with Gasteiger partial charge in [-0.1, -0.05) is 135 Å². The van der Waals surface area contributed by atoms with Crippen LogP contribution in [0.5, 0.6) is 0 Å². The maximum Gasteiger partial charge on any atom is 0.159 e. The van der Waals surface area contributed by atoms with Gasteiger partial charge >= 0.3 is 0 Å². The summed E-state index contributed by atoms with van der Waals surface area (Å²) in [5, 5.41) is 4.78. The van der Waals surface area contributed by atoms with E-state index >= 15 is 0 Å². The highest BCUT2D eigenvalue weighted by Crippen LogP contribution is 2.57. The van der Waals surface area contributed by atoms with Gasteiger partial charge in [-0.15, -0.1) is 0 Å². The van der Waals surface area contributed by atoms with E-state index in [4.69, 9.17) is 4.42 Å². The van der Waals surface area contributed by atoms with Crippen molar-refractivity contribution >= 4 is 49.8 Å². The normalized spacial score (nSPS) is 13.3. The Morgan fingerprint density at radius 3 is 2.04 bits per heavy atom. The third-order valence-electron chi connectivity index (χ3n) is 9.62. The Bertz CT molecular complexity index is 2400. The molecule has 0 saturated carbocycles. The number of benzene rings is 7. The van der Waals surface area contributed by atoms with Gasteiger partial charge in [0.1, 0.15) is 5.58 Å². The minimum absolute atomic E-state index is 0.157. The van der Waals surface area contributed by atoms with Gasteiger partial charge in [0, 0.05) is 27.4 Å². The summed E-state index contributed by atoms with van der Waals surface area (Å²) in [7, 11) is 0. The van der Waals surface area contributed by atoms with Crippen LogP contribution in [0.2, 0.25) is 0 Å². The van der Waals surface area contributed by atoms with Crippen molar-refractivity contribution in [2.45, 2.75) is 19.3 Å². The van der Waals surface area contributed by atoms with E-state index < -0.39 is 0 Å². The molecule has 0 spiro atoms. The molecule has 1 aliphatic carbocycles. The van der Waals surface area contributed by atoms with Crippen LogP contribution in [0.15, 0.2) is 156 Å². The molecule has 0 atom stereocenters. The van der Waals surface area contributed by atoms with Crippen molar-refractivity contribution in [1.29, 1.82) is 0 Å². The summed E-state index contributed by atoms with van der Waals surface area (Å²) in [6.07, 6.45) is 0. The van der Waals surface area contributed by atoms with Gasteiger partial charge in [-0.3, -0.25) is 0 Å². The fraction of sp³-hybridized carbons (Fsp3) is 0.0698. The van der Waals surface area contributed by atoms with Crippen LogP contribution >= 0.6 is 0 Å². The Morgan fingerprint density at radius 1 is 0.533 bits per heavy atom. The predicted octanol–water partition coefficient (Wildman–Crippen LogP) is 12.2. The van der Waals surface area contributed by atoms with E-state index in [1.54, 1.807) is 0 Å². The molecule has 0 bridgehead atoms. The highest BCUT2D eigenvalue weighted by molar-refractivity contribution is 6.12. The monoisotopic (exact) mass is 577 g/mol. The maximum atomic E-state index is 6.68. The lowest BCUT2D eigenvalue weighted by molar-refractivity contribution is 0.666. The van der Waals surface area contributed by atoms with E-state index in [-0.39, 0.29) is 5.41 Å². The van der Waals surface area contributed by atoms with Crippen molar-refractivity contribution in [3.63, 3.8) is 0 Å². The van der Waals surface area contributed by atoms with Crippen molar-refractivity contribution < 1.29 is 4.42 Å². The Balaban J connectivity index is 1.38. The van der Waals surface area contributed by atoms with Crippen molar-refractivity contribution in [1.82, 2.24) is 0 Å². The summed E-state index contributed by atoms with van der Waals surface area (Å²) in [4.78, 5) is 2.42. The summed E-state index contributed by atoms with van der Waals surface area (Å²) < 4.78 is 6.68. The van der Waals surface area contributed by atoms with E-state index in [2.05, 4.69) is 164 Å².